The first-order valence-corrected chi connectivity index (χ1v) is 6.91. The summed E-state index contributed by atoms with van der Waals surface area (Å²) in [6.07, 6.45) is 3.29. The molecule has 0 aliphatic carbocycles. The molecule has 22 heavy (non-hydrogen) atoms. The number of nitrogens with one attached hydrogen (secondary N) is 1. The van der Waals surface area contributed by atoms with Crippen LogP contribution in [0.15, 0.2) is 30.9 Å². The van der Waals surface area contributed by atoms with Crippen molar-refractivity contribution in [2.24, 2.45) is 0 Å². The Morgan fingerprint density at radius 1 is 1.09 bits per heavy atom. The molecule has 0 atom stereocenters. The summed E-state index contributed by atoms with van der Waals surface area (Å²) in [5, 5.41) is 3.25. The highest BCUT2D eigenvalue weighted by Crippen LogP contribution is 2.31. The molecule has 0 unspecified atom stereocenters. The SMILES string of the molecule is CCn1cnc2c(Nc3ccc(OC)c(OC)c3)ncnc21. The number of imidazole rings is 1. The zero-order valence-corrected chi connectivity index (χ0v) is 12.7. The molecular formula is C15H17N5O2. The molecule has 7 nitrogen and oxygen atoms in total. The smallest absolute Gasteiger partial charge is 0.165 e. The summed E-state index contributed by atoms with van der Waals surface area (Å²) in [6, 6.07) is 5.58. The molecule has 0 saturated carbocycles. The van der Waals surface area contributed by atoms with Gasteiger partial charge in [0.05, 0.1) is 20.5 Å². The van der Waals surface area contributed by atoms with Gasteiger partial charge in [-0.2, -0.15) is 0 Å². The number of hydrogen-bond acceptors (Lipinski definition) is 6. The third kappa shape index (κ3) is 2.41. The van der Waals surface area contributed by atoms with E-state index in [-0.39, 0.29) is 0 Å². The van der Waals surface area contributed by atoms with Gasteiger partial charge in [0, 0.05) is 18.3 Å². The molecule has 1 aromatic carbocycles. The number of nitrogens with zero attached hydrogens (tertiary/aromatic N) is 4. The van der Waals surface area contributed by atoms with Crippen LogP contribution in [0.4, 0.5) is 11.5 Å². The number of fused-ring (bicyclic) bond motifs is 1. The Hall–Kier alpha value is -2.83. The van der Waals surface area contributed by atoms with Gasteiger partial charge in [0.2, 0.25) is 0 Å². The average molecular weight is 299 g/mol. The van der Waals surface area contributed by atoms with Crippen molar-refractivity contribution in [2.45, 2.75) is 13.5 Å². The summed E-state index contributed by atoms with van der Waals surface area (Å²) in [5.74, 6) is 1.98. The fourth-order valence-corrected chi connectivity index (χ4v) is 2.25. The van der Waals surface area contributed by atoms with Crippen LogP contribution in [0.3, 0.4) is 0 Å². The Kier molecular flexibility index (Phi) is 3.78. The van der Waals surface area contributed by atoms with Gasteiger partial charge in [-0.25, -0.2) is 15.0 Å². The van der Waals surface area contributed by atoms with Crippen LogP contribution in [0, 0.1) is 0 Å². The number of hydrogen-bond donors (Lipinski definition) is 1. The second-order valence-electron chi connectivity index (χ2n) is 4.62. The minimum absolute atomic E-state index is 0.650. The second kappa shape index (κ2) is 5.88. The monoisotopic (exact) mass is 299 g/mol. The van der Waals surface area contributed by atoms with Crippen molar-refractivity contribution in [3.8, 4) is 11.5 Å². The molecule has 3 rings (SSSR count). The topological polar surface area (TPSA) is 74.1 Å². The highest BCUT2D eigenvalue weighted by molar-refractivity contribution is 5.85. The van der Waals surface area contributed by atoms with Crippen LogP contribution in [0.5, 0.6) is 11.5 Å². The molecule has 3 aromatic rings. The normalized spacial score (nSPS) is 10.7. The highest BCUT2D eigenvalue weighted by Gasteiger charge is 2.11. The van der Waals surface area contributed by atoms with E-state index in [1.807, 2.05) is 29.7 Å². The third-order valence-corrected chi connectivity index (χ3v) is 3.39. The summed E-state index contributed by atoms with van der Waals surface area (Å²) >= 11 is 0. The van der Waals surface area contributed by atoms with E-state index in [1.165, 1.54) is 6.33 Å². The third-order valence-electron chi connectivity index (χ3n) is 3.39. The van der Waals surface area contributed by atoms with Crippen molar-refractivity contribution in [3.63, 3.8) is 0 Å². The first kappa shape index (κ1) is 14.1. The van der Waals surface area contributed by atoms with E-state index < -0.39 is 0 Å². The largest absolute Gasteiger partial charge is 0.493 e. The molecule has 0 saturated heterocycles. The number of anilines is 2. The van der Waals surface area contributed by atoms with Crippen molar-refractivity contribution in [1.82, 2.24) is 19.5 Å². The van der Waals surface area contributed by atoms with Crippen LogP contribution in [0.2, 0.25) is 0 Å². The minimum Gasteiger partial charge on any atom is -0.493 e. The molecule has 1 N–H and O–H groups in total. The van der Waals surface area contributed by atoms with Crippen molar-refractivity contribution in [3.05, 3.63) is 30.9 Å². The van der Waals surface area contributed by atoms with E-state index in [9.17, 15) is 0 Å². The molecule has 2 heterocycles. The molecule has 0 aliphatic heterocycles. The van der Waals surface area contributed by atoms with Gasteiger partial charge < -0.3 is 19.4 Å². The summed E-state index contributed by atoms with van der Waals surface area (Å²) in [5.41, 5.74) is 2.38. The number of aryl methyl sites for hydroxylation is 1. The number of benzene rings is 1. The van der Waals surface area contributed by atoms with Crippen LogP contribution < -0.4 is 14.8 Å². The minimum atomic E-state index is 0.650. The molecule has 0 radical (unpaired) electrons. The Morgan fingerprint density at radius 2 is 1.91 bits per heavy atom. The lowest BCUT2D eigenvalue weighted by atomic mass is 10.2. The van der Waals surface area contributed by atoms with Gasteiger partial charge in [-0.3, -0.25) is 0 Å². The second-order valence-corrected chi connectivity index (χ2v) is 4.62. The number of ether oxygens (including phenoxy) is 2. The molecule has 0 bridgehead atoms. The van der Waals surface area contributed by atoms with Crippen LogP contribution in [0.1, 0.15) is 6.92 Å². The Bertz CT molecular complexity index is 800. The van der Waals surface area contributed by atoms with Crippen molar-refractivity contribution in [2.75, 3.05) is 19.5 Å². The molecule has 0 fully saturated rings. The predicted molar refractivity (Wildman–Crippen MR) is 83.8 cm³/mol. The summed E-state index contributed by atoms with van der Waals surface area (Å²) in [4.78, 5) is 12.9. The average Bonchev–Trinajstić information content (AvgIpc) is 2.99. The lowest BCUT2D eigenvalue weighted by molar-refractivity contribution is 0.355. The van der Waals surface area contributed by atoms with Crippen molar-refractivity contribution in [1.29, 1.82) is 0 Å². The highest BCUT2D eigenvalue weighted by atomic mass is 16.5. The summed E-state index contributed by atoms with van der Waals surface area (Å²) in [7, 11) is 3.21. The first-order chi connectivity index (χ1) is 10.8. The first-order valence-electron chi connectivity index (χ1n) is 6.91. The molecule has 7 heteroatoms. The molecular weight excluding hydrogens is 282 g/mol. The summed E-state index contributed by atoms with van der Waals surface area (Å²) in [6.45, 7) is 2.86. The molecule has 0 aliphatic rings. The van der Waals surface area contributed by atoms with Gasteiger partial charge in [-0.15, -0.1) is 0 Å². The van der Waals surface area contributed by atoms with Gasteiger partial charge in [0.25, 0.3) is 0 Å². The van der Waals surface area contributed by atoms with Gasteiger partial charge in [0.1, 0.15) is 6.33 Å². The summed E-state index contributed by atoms with van der Waals surface area (Å²) < 4.78 is 12.5. The maximum Gasteiger partial charge on any atom is 0.165 e. The van der Waals surface area contributed by atoms with Crippen molar-refractivity contribution >= 4 is 22.7 Å². The number of methoxy groups -OCH3 is 2. The van der Waals surface area contributed by atoms with E-state index in [2.05, 4.69) is 20.3 Å². The zero-order valence-electron chi connectivity index (χ0n) is 12.7. The van der Waals surface area contributed by atoms with Gasteiger partial charge in [-0.05, 0) is 19.1 Å². The number of rotatable bonds is 5. The Morgan fingerprint density at radius 3 is 2.64 bits per heavy atom. The van der Waals surface area contributed by atoms with E-state index >= 15 is 0 Å². The van der Waals surface area contributed by atoms with E-state index in [0.29, 0.717) is 17.3 Å². The lowest BCUT2D eigenvalue weighted by Gasteiger charge is -2.11. The maximum absolute atomic E-state index is 5.31. The van der Waals surface area contributed by atoms with Crippen LogP contribution in [-0.4, -0.2) is 33.7 Å². The fourth-order valence-electron chi connectivity index (χ4n) is 2.25. The molecule has 0 amide bonds. The molecule has 0 spiro atoms. The van der Waals surface area contributed by atoms with E-state index in [0.717, 1.165) is 23.4 Å². The molecule has 114 valence electrons. The Labute approximate surface area is 127 Å². The number of aromatic nitrogens is 4. The van der Waals surface area contributed by atoms with Crippen LogP contribution in [0.25, 0.3) is 11.2 Å². The molecule has 2 aromatic heterocycles. The van der Waals surface area contributed by atoms with Gasteiger partial charge in [-0.1, -0.05) is 0 Å². The quantitative estimate of drug-likeness (QED) is 0.780. The van der Waals surface area contributed by atoms with Gasteiger partial charge in [0.15, 0.2) is 28.5 Å². The van der Waals surface area contributed by atoms with Crippen molar-refractivity contribution < 1.29 is 9.47 Å². The van der Waals surface area contributed by atoms with Crippen LogP contribution >= 0.6 is 0 Å². The standard InChI is InChI=1S/C15H17N5O2/c1-4-20-9-18-13-14(16-8-17-15(13)20)19-10-5-6-11(21-2)12(7-10)22-3/h5-9H,4H2,1-3H3,(H,16,17,19). The Balaban J connectivity index is 1.98. The van der Waals surface area contributed by atoms with Crippen LogP contribution in [-0.2, 0) is 6.54 Å². The lowest BCUT2D eigenvalue weighted by Crippen LogP contribution is -1.99. The van der Waals surface area contributed by atoms with E-state index in [1.54, 1.807) is 20.5 Å². The zero-order chi connectivity index (χ0) is 15.5. The maximum atomic E-state index is 5.31. The fraction of sp³-hybridized carbons (Fsp3) is 0.267. The van der Waals surface area contributed by atoms with E-state index in [4.69, 9.17) is 9.47 Å². The predicted octanol–water partition coefficient (Wildman–Crippen LogP) is 2.61. The van der Waals surface area contributed by atoms with Gasteiger partial charge >= 0.3 is 0 Å².